The third kappa shape index (κ3) is 1.80. The first-order chi connectivity index (χ1) is 8.03. The molecular weight excluding hydrogens is 253 g/mol. The maximum atomic E-state index is 6.13. The Morgan fingerprint density at radius 1 is 1.18 bits per heavy atom. The summed E-state index contributed by atoms with van der Waals surface area (Å²) in [4.78, 5) is 0. The highest BCUT2D eigenvalue weighted by Gasteiger charge is 2.63. The standard InChI is InChI=1S/C14H18Cl2N/c1-9(2)10-5-12-8-17(12,7-10)11-3-4-13(15)14(16)6-11/h3-4,6,9-10,12H,5,7-8H2,1-2H3/q+1. The van der Waals surface area contributed by atoms with E-state index in [-0.39, 0.29) is 0 Å². The van der Waals surface area contributed by atoms with Gasteiger partial charge in [-0.3, -0.25) is 4.48 Å². The van der Waals surface area contributed by atoms with Gasteiger partial charge in [-0.2, -0.15) is 0 Å². The SMILES string of the molecule is CC(C)C1CC2C[N+]2(c2ccc(Cl)c(Cl)c2)C1. The van der Waals surface area contributed by atoms with Gasteiger partial charge in [-0.05, 0) is 12.0 Å². The Bertz CT molecular complexity index is 458. The Labute approximate surface area is 113 Å². The van der Waals surface area contributed by atoms with Crippen LogP contribution in [-0.2, 0) is 0 Å². The molecule has 0 saturated carbocycles. The Hall–Kier alpha value is -0.240. The molecule has 3 rings (SSSR count). The zero-order chi connectivity index (χ0) is 12.2. The highest BCUT2D eigenvalue weighted by atomic mass is 35.5. The highest BCUT2D eigenvalue weighted by Crippen LogP contribution is 2.50. The molecule has 3 heteroatoms. The number of rotatable bonds is 2. The van der Waals surface area contributed by atoms with Crippen LogP contribution in [0, 0.1) is 11.8 Å². The molecule has 2 aliphatic heterocycles. The molecule has 17 heavy (non-hydrogen) atoms. The number of hydrogen-bond acceptors (Lipinski definition) is 0. The van der Waals surface area contributed by atoms with Crippen molar-refractivity contribution in [2.45, 2.75) is 26.3 Å². The van der Waals surface area contributed by atoms with Crippen LogP contribution in [0.3, 0.4) is 0 Å². The summed E-state index contributed by atoms with van der Waals surface area (Å²) in [6, 6.07) is 6.98. The van der Waals surface area contributed by atoms with Crippen LogP contribution in [0.15, 0.2) is 18.2 Å². The van der Waals surface area contributed by atoms with E-state index in [9.17, 15) is 0 Å². The maximum Gasteiger partial charge on any atom is 0.144 e. The van der Waals surface area contributed by atoms with Crippen LogP contribution < -0.4 is 4.48 Å². The van der Waals surface area contributed by atoms with Crippen LogP contribution in [0.1, 0.15) is 20.3 Å². The van der Waals surface area contributed by atoms with E-state index < -0.39 is 0 Å². The Morgan fingerprint density at radius 2 is 1.94 bits per heavy atom. The summed E-state index contributed by atoms with van der Waals surface area (Å²) < 4.78 is 1.15. The van der Waals surface area contributed by atoms with Crippen molar-refractivity contribution in [3.05, 3.63) is 28.2 Å². The number of halogens is 2. The minimum atomic E-state index is 0.659. The molecule has 1 aromatic rings. The van der Waals surface area contributed by atoms with E-state index >= 15 is 0 Å². The molecule has 0 amide bonds. The van der Waals surface area contributed by atoms with E-state index in [0.717, 1.165) is 22.4 Å². The summed E-state index contributed by atoms with van der Waals surface area (Å²) >= 11 is 12.1. The smallest absolute Gasteiger partial charge is 0.144 e. The number of piperidine rings is 1. The lowest BCUT2D eigenvalue weighted by Gasteiger charge is -2.20. The van der Waals surface area contributed by atoms with E-state index in [1.54, 1.807) is 0 Å². The van der Waals surface area contributed by atoms with Crippen molar-refractivity contribution in [1.82, 2.24) is 4.48 Å². The lowest BCUT2D eigenvalue weighted by molar-refractivity contribution is 0.369. The summed E-state index contributed by atoms with van der Waals surface area (Å²) in [5, 5.41) is 1.35. The van der Waals surface area contributed by atoms with Gasteiger partial charge in [0.25, 0.3) is 0 Å². The predicted molar refractivity (Wildman–Crippen MR) is 74.7 cm³/mol. The summed E-state index contributed by atoms with van der Waals surface area (Å²) in [6.45, 7) is 7.24. The van der Waals surface area contributed by atoms with E-state index in [4.69, 9.17) is 23.2 Å². The van der Waals surface area contributed by atoms with Crippen LogP contribution in [0.5, 0.6) is 0 Å². The summed E-state index contributed by atoms with van der Waals surface area (Å²) in [7, 11) is 0. The monoisotopic (exact) mass is 270 g/mol. The largest absolute Gasteiger partial charge is 0.279 e. The van der Waals surface area contributed by atoms with Crippen LogP contribution in [0.2, 0.25) is 10.0 Å². The number of hydrogen-bond donors (Lipinski definition) is 0. The van der Waals surface area contributed by atoms with Gasteiger partial charge < -0.3 is 0 Å². The van der Waals surface area contributed by atoms with Crippen molar-refractivity contribution >= 4 is 28.9 Å². The molecule has 2 saturated heterocycles. The fraction of sp³-hybridized carbons (Fsp3) is 0.571. The maximum absolute atomic E-state index is 6.13. The van der Waals surface area contributed by atoms with Crippen LogP contribution >= 0.6 is 23.2 Å². The Morgan fingerprint density at radius 3 is 2.53 bits per heavy atom. The number of quaternary nitrogens is 1. The van der Waals surface area contributed by atoms with Gasteiger partial charge in [0.15, 0.2) is 0 Å². The molecule has 0 N–H and O–H groups in total. The second-order valence-electron chi connectivity index (χ2n) is 5.89. The highest BCUT2D eigenvalue weighted by molar-refractivity contribution is 6.42. The van der Waals surface area contributed by atoms with Gasteiger partial charge in [-0.15, -0.1) is 0 Å². The van der Waals surface area contributed by atoms with Crippen molar-refractivity contribution in [1.29, 1.82) is 0 Å². The molecule has 2 aliphatic rings. The Balaban J connectivity index is 1.88. The molecule has 92 valence electrons. The summed E-state index contributed by atoms with van der Waals surface area (Å²) in [5.74, 6) is 1.66. The third-order valence-electron chi connectivity index (χ3n) is 4.60. The first-order valence-corrected chi connectivity index (χ1v) is 7.11. The fourth-order valence-corrected chi connectivity index (χ4v) is 3.63. The molecule has 3 unspecified atom stereocenters. The Kier molecular flexibility index (Phi) is 2.70. The zero-order valence-electron chi connectivity index (χ0n) is 10.3. The molecule has 0 aliphatic carbocycles. The van der Waals surface area contributed by atoms with Gasteiger partial charge in [0.1, 0.15) is 18.3 Å². The average Bonchev–Trinajstić information content (AvgIpc) is 2.85. The quantitative estimate of drug-likeness (QED) is 0.554. The van der Waals surface area contributed by atoms with Gasteiger partial charge in [0, 0.05) is 24.5 Å². The molecule has 0 aromatic heterocycles. The molecule has 3 atom stereocenters. The van der Waals surface area contributed by atoms with Crippen molar-refractivity contribution in [2.75, 3.05) is 13.1 Å². The molecule has 2 heterocycles. The molecule has 2 fully saturated rings. The summed E-state index contributed by atoms with van der Waals surface area (Å²) in [5.41, 5.74) is 1.35. The number of fused-ring (bicyclic) bond motifs is 1. The molecule has 1 aromatic carbocycles. The zero-order valence-corrected chi connectivity index (χ0v) is 11.8. The van der Waals surface area contributed by atoms with Crippen molar-refractivity contribution in [2.24, 2.45) is 11.8 Å². The second kappa shape index (κ2) is 3.88. The van der Waals surface area contributed by atoms with Crippen molar-refractivity contribution in [3.8, 4) is 0 Å². The fourth-order valence-electron chi connectivity index (χ4n) is 3.34. The molecule has 0 bridgehead atoms. The van der Waals surface area contributed by atoms with Gasteiger partial charge in [0.05, 0.1) is 16.6 Å². The molecule has 0 radical (unpaired) electrons. The minimum absolute atomic E-state index is 0.659. The predicted octanol–water partition coefficient (Wildman–Crippen LogP) is 4.36. The lowest BCUT2D eigenvalue weighted by atomic mass is 9.93. The van der Waals surface area contributed by atoms with Crippen LogP contribution in [0.25, 0.3) is 0 Å². The number of nitrogens with zero attached hydrogens (tertiary/aromatic N) is 1. The molecule has 1 nitrogen and oxygen atoms in total. The minimum Gasteiger partial charge on any atom is -0.279 e. The topological polar surface area (TPSA) is 0 Å². The second-order valence-corrected chi connectivity index (χ2v) is 6.71. The first-order valence-electron chi connectivity index (χ1n) is 6.35. The first kappa shape index (κ1) is 11.8. The average molecular weight is 271 g/mol. The van der Waals surface area contributed by atoms with Crippen LogP contribution in [0.4, 0.5) is 5.69 Å². The summed E-state index contributed by atoms with van der Waals surface area (Å²) in [6.07, 6.45) is 1.37. The van der Waals surface area contributed by atoms with E-state index in [2.05, 4.69) is 26.0 Å². The van der Waals surface area contributed by atoms with Gasteiger partial charge in [-0.25, -0.2) is 0 Å². The van der Waals surface area contributed by atoms with Gasteiger partial charge >= 0.3 is 0 Å². The third-order valence-corrected chi connectivity index (χ3v) is 5.34. The van der Waals surface area contributed by atoms with Crippen molar-refractivity contribution < 1.29 is 0 Å². The van der Waals surface area contributed by atoms with Crippen molar-refractivity contribution in [3.63, 3.8) is 0 Å². The van der Waals surface area contributed by atoms with Crippen LogP contribution in [-0.4, -0.2) is 19.1 Å². The van der Waals surface area contributed by atoms with Gasteiger partial charge in [-0.1, -0.05) is 37.0 Å². The normalized spacial score (nSPS) is 35.1. The lowest BCUT2D eigenvalue weighted by Crippen LogP contribution is -2.29. The molecular formula is C14H18Cl2N+. The van der Waals surface area contributed by atoms with E-state index in [1.807, 2.05) is 6.07 Å². The molecule has 0 spiro atoms. The van der Waals surface area contributed by atoms with Gasteiger partial charge in [0.2, 0.25) is 0 Å². The number of benzene rings is 1. The van der Waals surface area contributed by atoms with E-state index in [0.29, 0.717) is 10.0 Å². The van der Waals surface area contributed by atoms with E-state index in [1.165, 1.54) is 25.2 Å².